The van der Waals surface area contributed by atoms with Crippen LogP contribution in [0.4, 0.5) is 5.69 Å². The molecule has 0 saturated carbocycles. The number of hydrogen-bond acceptors (Lipinski definition) is 3. The van der Waals surface area contributed by atoms with Crippen molar-refractivity contribution < 1.29 is 9.90 Å². The number of aromatic nitrogens is 1. The van der Waals surface area contributed by atoms with Crippen LogP contribution in [0.2, 0.25) is 0 Å². The normalized spacial score (nSPS) is 11.4. The molecule has 6 heteroatoms. The number of aromatic hydroxyl groups is 1. The Hall–Kier alpha value is -2.47. The number of para-hydroxylation sites is 1. The maximum Gasteiger partial charge on any atom is 0.296 e. The Morgan fingerprint density at radius 2 is 1.87 bits per heavy atom. The molecule has 0 bridgehead atoms. The maximum atomic E-state index is 12.2. The zero-order chi connectivity index (χ0) is 16.4. The van der Waals surface area contributed by atoms with Crippen LogP contribution in [0.15, 0.2) is 63.2 Å². The van der Waals surface area contributed by atoms with Gasteiger partial charge in [0.05, 0.1) is 11.1 Å². The van der Waals surface area contributed by atoms with Crippen LogP contribution in [0.3, 0.4) is 0 Å². The van der Waals surface area contributed by atoms with Crippen LogP contribution in [0.25, 0.3) is 10.9 Å². The van der Waals surface area contributed by atoms with Crippen LogP contribution in [0.5, 0.6) is 5.88 Å². The second-order valence-corrected chi connectivity index (χ2v) is 5.77. The summed E-state index contributed by atoms with van der Waals surface area (Å²) >= 11 is 3.32. The van der Waals surface area contributed by atoms with Crippen LogP contribution < -0.4 is 0 Å². The summed E-state index contributed by atoms with van der Waals surface area (Å²) in [7, 11) is 0. The number of aryl methyl sites for hydroxylation is 1. The lowest BCUT2D eigenvalue weighted by Gasteiger charge is -2.01. The molecule has 1 aromatic heterocycles. The maximum absolute atomic E-state index is 12.2. The minimum atomic E-state index is -0.467. The van der Waals surface area contributed by atoms with E-state index in [4.69, 9.17) is 0 Å². The van der Waals surface area contributed by atoms with E-state index in [0.29, 0.717) is 22.3 Å². The van der Waals surface area contributed by atoms with E-state index >= 15 is 0 Å². The third-order valence-electron chi connectivity index (χ3n) is 3.58. The molecule has 0 radical (unpaired) electrons. The minimum absolute atomic E-state index is 0.0115. The van der Waals surface area contributed by atoms with Gasteiger partial charge in [-0.25, -0.2) is 0 Å². The molecule has 0 saturated heterocycles. The van der Waals surface area contributed by atoms with Crippen LogP contribution in [0, 0.1) is 0 Å². The van der Waals surface area contributed by atoms with Crippen molar-refractivity contribution in [1.82, 2.24) is 4.57 Å². The van der Waals surface area contributed by atoms with E-state index < -0.39 is 5.91 Å². The molecule has 0 fully saturated rings. The first kappa shape index (κ1) is 15.4. The summed E-state index contributed by atoms with van der Waals surface area (Å²) in [5.74, 6) is -0.456. The second kappa shape index (κ2) is 6.34. The fourth-order valence-corrected chi connectivity index (χ4v) is 2.93. The number of rotatable bonds is 3. The van der Waals surface area contributed by atoms with Crippen molar-refractivity contribution in [2.75, 3.05) is 0 Å². The van der Waals surface area contributed by atoms with Crippen LogP contribution in [-0.4, -0.2) is 15.6 Å². The molecule has 3 rings (SSSR count). The summed E-state index contributed by atoms with van der Waals surface area (Å²) < 4.78 is 2.39. The highest BCUT2D eigenvalue weighted by Gasteiger charge is 2.16. The van der Waals surface area contributed by atoms with Gasteiger partial charge in [0.2, 0.25) is 5.88 Å². The van der Waals surface area contributed by atoms with Gasteiger partial charge in [0, 0.05) is 16.4 Å². The topological polar surface area (TPSA) is 66.9 Å². The highest BCUT2D eigenvalue weighted by atomic mass is 79.9. The second-order valence-electron chi connectivity index (χ2n) is 4.92. The summed E-state index contributed by atoms with van der Waals surface area (Å²) in [6.07, 6.45) is 0. The first-order valence-corrected chi connectivity index (χ1v) is 7.93. The molecule has 0 aliphatic rings. The molecule has 3 aromatic rings. The number of amides is 1. The lowest BCUT2D eigenvalue weighted by Crippen LogP contribution is -1.94. The number of hydrogen-bond donors (Lipinski definition) is 1. The van der Waals surface area contributed by atoms with Crippen molar-refractivity contribution in [2.45, 2.75) is 13.5 Å². The Balaban J connectivity index is 2.03. The highest BCUT2D eigenvalue weighted by Crippen LogP contribution is 2.38. The molecule has 1 N–H and O–H groups in total. The lowest BCUT2D eigenvalue weighted by atomic mass is 10.2. The standard InChI is InChI=1S/C17H14BrN3O2/c1-2-21-14-10-6-4-8-12(14)15(17(21)23)19-20-16(22)11-7-3-5-9-13(11)18/h3-10,23H,2H2,1H3. The summed E-state index contributed by atoms with van der Waals surface area (Å²) in [4.78, 5) is 12.2. The molecule has 23 heavy (non-hydrogen) atoms. The van der Waals surface area contributed by atoms with Crippen molar-refractivity contribution in [1.29, 1.82) is 0 Å². The zero-order valence-electron chi connectivity index (χ0n) is 12.4. The number of halogens is 1. The van der Waals surface area contributed by atoms with Gasteiger partial charge in [-0.1, -0.05) is 30.3 Å². The van der Waals surface area contributed by atoms with Crippen molar-refractivity contribution in [2.24, 2.45) is 10.2 Å². The Bertz CT molecular complexity index is 915. The van der Waals surface area contributed by atoms with E-state index in [9.17, 15) is 9.90 Å². The van der Waals surface area contributed by atoms with Crippen molar-refractivity contribution in [3.8, 4) is 5.88 Å². The van der Waals surface area contributed by atoms with Crippen LogP contribution >= 0.6 is 15.9 Å². The quantitative estimate of drug-likeness (QED) is 0.654. The average molecular weight is 372 g/mol. The van der Waals surface area contributed by atoms with Crippen molar-refractivity contribution in [3.05, 3.63) is 58.6 Å². The molecule has 116 valence electrons. The Morgan fingerprint density at radius 3 is 2.61 bits per heavy atom. The molecule has 0 atom stereocenters. The van der Waals surface area contributed by atoms with Gasteiger partial charge in [-0.15, -0.1) is 10.2 Å². The van der Waals surface area contributed by atoms with Crippen LogP contribution in [0.1, 0.15) is 17.3 Å². The first-order valence-electron chi connectivity index (χ1n) is 7.14. The number of carbonyl (C=O) groups is 1. The smallest absolute Gasteiger partial charge is 0.296 e. The molecular formula is C17H14BrN3O2. The van der Waals surface area contributed by atoms with Gasteiger partial charge < -0.3 is 9.67 Å². The molecule has 0 aliphatic heterocycles. The third kappa shape index (κ3) is 2.77. The Morgan fingerprint density at radius 1 is 1.17 bits per heavy atom. The molecule has 0 unspecified atom stereocenters. The fraction of sp³-hybridized carbons (Fsp3) is 0.118. The van der Waals surface area contributed by atoms with Gasteiger partial charge in [0.1, 0.15) is 0 Å². The van der Waals surface area contributed by atoms with Crippen LogP contribution in [-0.2, 0) is 6.54 Å². The first-order chi connectivity index (χ1) is 11.1. The SMILES string of the molecule is CCn1c(O)c(N=NC(=O)c2ccccc2Br)c2ccccc21. The number of fused-ring (bicyclic) bond motifs is 1. The number of benzene rings is 2. The molecular weight excluding hydrogens is 358 g/mol. The summed E-state index contributed by atoms with van der Waals surface area (Å²) in [6, 6.07) is 14.5. The monoisotopic (exact) mass is 371 g/mol. The van der Waals surface area contributed by atoms with E-state index in [-0.39, 0.29) is 5.88 Å². The third-order valence-corrected chi connectivity index (χ3v) is 4.27. The van der Waals surface area contributed by atoms with Gasteiger partial charge in [0.15, 0.2) is 5.69 Å². The molecule has 1 amide bonds. The number of carbonyl (C=O) groups excluding carboxylic acids is 1. The van der Waals surface area contributed by atoms with E-state index in [1.807, 2.05) is 37.3 Å². The Kier molecular flexibility index (Phi) is 4.25. The van der Waals surface area contributed by atoms with E-state index in [1.165, 1.54) is 0 Å². The van der Waals surface area contributed by atoms with Gasteiger partial charge in [0.25, 0.3) is 5.91 Å². The number of nitrogens with zero attached hydrogens (tertiary/aromatic N) is 3. The van der Waals surface area contributed by atoms with Gasteiger partial charge in [-0.2, -0.15) is 0 Å². The van der Waals surface area contributed by atoms with Gasteiger partial charge in [-0.05, 0) is 41.1 Å². The zero-order valence-corrected chi connectivity index (χ0v) is 14.0. The predicted molar refractivity (Wildman–Crippen MR) is 92.3 cm³/mol. The summed E-state index contributed by atoms with van der Waals surface area (Å²) in [6.45, 7) is 2.53. The van der Waals surface area contributed by atoms with Crippen molar-refractivity contribution >= 4 is 38.4 Å². The molecule has 5 nitrogen and oxygen atoms in total. The van der Waals surface area contributed by atoms with E-state index in [0.717, 1.165) is 10.9 Å². The lowest BCUT2D eigenvalue weighted by molar-refractivity contribution is 0.0994. The summed E-state index contributed by atoms with van der Waals surface area (Å²) in [5, 5.41) is 18.9. The molecule has 0 aliphatic carbocycles. The Labute approximate surface area is 141 Å². The average Bonchev–Trinajstić information content (AvgIpc) is 2.84. The molecule has 1 heterocycles. The van der Waals surface area contributed by atoms with Gasteiger partial charge >= 0.3 is 0 Å². The number of azo groups is 1. The van der Waals surface area contributed by atoms with E-state index in [1.54, 1.807) is 22.8 Å². The minimum Gasteiger partial charge on any atom is -0.493 e. The predicted octanol–water partition coefficient (Wildman–Crippen LogP) is 5.05. The van der Waals surface area contributed by atoms with Gasteiger partial charge in [-0.3, -0.25) is 4.79 Å². The van der Waals surface area contributed by atoms with E-state index in [2.05, 4.69) is 26.2 Å². The highest BCUT2D eigenvalue weighted by molar-refractivity contribution is 9.10. The largest absolute Gasteiger partial charge is 0.493 e. The summed E-state index contributed by atoms with van der Waals surface area (Å²) in [5.41, 5.74) is 1.59. The fourth-order valence-electron chi connectivity index (χ4n) is 2.47. The molecule has 2 aromatic carbocycles. The molecule has 0 spiro atoms. The van der Waals surface area contributed by atoms with Crippen molar-refractivity contribution in [3.63, 3.8) is 0 Å².